The van der Waals surface area contributed by atoms with Gasteiger partial charge < -0.3 is 5.32 Å². The molecule has 0 unspecified atom stereocenters. The number of rotatable bonds is 3. The molecule has 0 fully saturated rings. The zero-order valence-corrected chi connectivity index (χ0v) is 17.8. The van der Waals surface area contributed by atoms with E-state index in [-0.39, 0.29) is 11.8 Å². The molecule has 0 spiro atoms. The number of benzene rings is 3. The van der Waals surface area contributed by atoms with Crippen molar-refractivity contribution in [2.45, 2.75) is 20.8 Å². The van der Waals surface area contributed by atoms with Gasteiger partial charge in [0.25, 0.3) is 11.8 Å². The molecule has 1 heterocycles. The van der Waals surface area contributed by atoms with Crippen molar-refractivity contribution >= 4 is 29.3 Å². The zero-order valence-electron chi connectivity index (χ0n) is 17.8. The highest BCUT2D eigenvalue weighted by atomic mass is 16.2. The number of allylic oxidation sites excluding steroid dienone is 2. The van der Waals surface area contributed by atoms with Gasteiger partial charge in [-0.05, 0) is 73.9 Å². The van der Waals surface area contributed by atoms with E-state index < -0.39 is 0 Å². The van der Waals surface area contributed by atoms with Crippen LogP contribution in [0.3, 0.4) is 0 Å². The van der Waals surface area contributed by atoms with Crippen molar-refractivity contribution in [1.29, 1.82) is 0 Å². The molecule has 0 radical (unpaired) electrons. The van der Waals surface area contributed by atoms with Gasteiger partial charge in [0.1, 0.15) is 0 Å². The minimum absolute atomic E-state index is 0.335. The number of carbonyl (C=O) groups excluding carboxylic acids is 2. The summed E-state index contributed by atoms with van der Waals surface area (Å²) in [6, 6.07) is 18.5. The van der Waals surface area contributed by atoms with Gasteiger partial charge in [0, 0.05) is 28.6 Å². The number of carbonyl (C=O) groups is 2. The summed E-state index contributed by atoms with van der Waals surface area (Å²) in [6.45, 7) is 5.82. The number of nitrogens with zero attached hydrogens (tertiary/aromatic N) is 1. The van der Waals surface area contributed by atoms with Crippen LogP contribution >= 0.6 is 0 Å². The van der Waals surface area contributed by atoms with Gasteiger partial charge in [0.05, 0.1) is 5.69 Å². The molecular formula is C27H24N2O2. The van der Waals surface area contributed by atoms with E-state index in [1.807, 2.05) is 87.7 Å². The van der Waals surface area contributed by atoms with Gasteiger partial charge in [-0.1, -0.05) is 42.5 Å². The fourth-order valence-corrected chi connectivity index (χ4v) is 3.72. The maximum absolute atomic E-state index is 13.9. The van der Waals surface area contributed by atoms with Crippen LogP contribution in [0.4, 0.5) is 11.4 Å². The fraction of sp³-hybridized carbons (Fsp3) is 0.111. The largest absolute Gasteiger partial charge is 0.361 e. The van der Waals surface area contributed by atoms with Crippen molar-refractivity contribution in [2.75, 3.05) is 10.2 Å². The number of hydrogen-bond acceptors (Lipinski definition) is 3. The molecule has 1 aliphatic heterocycles. The Hall–Kier alpha value is -3.92. The number of hydrogen-bond donors (Lipinski definition) is 1. The summed E-state index contributed by atoms with van der Waals surface area (Å²) in [5.74, 6) is -0.695. The van der Waals surface area contributed by atoms with E-state index in [1.165, 1.54) is 4.90 Å². The summed E-state index contributed by atoms with van der Waals surface area (Å²) in [4.78, 5) is 28.9. The predicted octanol–water partition coefficient (Wildman–Crippen LogP) is 6.05. The van der Waals surface area contributed by atoms with Crippen LogP contribution in [0.2, 0.25) is 0 Å². The van der Waals surface area contributed by atoms with Crippen LogP contribution in [0.1, 0.15) is 43.0 Å². The van der Waals surface area contributed by atoms with Crippen molar-refractivity contribution in [3.05, 3.63) is 112 Å². The maximum atomic E-state index is 13.9. The lowest BCUT2D eigenvalue weighted by atomic mass is 10.00. The van der Waals surface area contributed by atoms with E-state index >= 15 is 0 Å². The summed E-state index contributed by atoms with van der Waals surface area (Å²) in [5.41, 5.74) is 5.96. The first-order chi connectivity index (χ1) is 15.0. The highest BCUT2D eigenvalue weighted by molar-refractivity contribution is 6.27. The monoisotopic (exact) mass is 408 g/mol. The molecule has 4 nitrogen and oxygen atoms in total. The molecule has 3 aromatic rings. The Labute approximate surface area is 182 Å². The second-order valence-corrected chi connectivity index (χ2v) is 7.66. The Morgan fingerprint density at radius 1 is 0.806 bits per heavy atom. The molecule has 0 saturated carbocycles. The molecule has 0 aliphatic carbocycles. The van der Waals surface area contributed by atoms with Crippen molar-refractivity contribution in [3.8, 4) is 0 Å². The minimum Gasteiger partial charge on any atom is -0.361 e. The Bertz CT molecular complexity index is 1240. The van der Waals surface area contributed by atoms with Gasteiger partial charge in [-0.3, -0.25) is 9.59 Å². The van der Waals surface area contributed by atoms with Crippen LogP contribution in [0.15, 0.2) is 79.0 Å². The van der Waals surface area contributed by atoms with Crippen molar-refractivity contribution in [1.82, 2.24) is 0 Å². The number of amides is 2. The van der Waals surface area contributed by atoms with Crippen LogP contribution in [-0.4, -0.2) is 11.8 Å². The van der Waals surface area contributed by atoms with Crippen molar-refractivity contribution in [2.24, 2.45) is 0 Å². The normalized spacial score (nSPS) is 12.0. The maximum Gasteiger partial charge on any atom is 0.266 e. The first kappa shape index (κ1) is 20.4. The average Bonchev–Trinajstić information content (AvgIpc) is 3.01. The van der Waals surface area contributed by atoms with Crippen LogP contribution in [0.25, 0.3) is 6.08 Å². The third-order valence-corrected chi connectivity index (χ3v) is 5.55. The number of fused-ring (bicyclic) bond motifs is 1. The first-order valence-electron chi connectivity index (χ1n) is 10.2. The fourth-order valence-electron chi connectivity index (χ4n) is 3.72. The second kappa shape index (κ2) is 8.44. The molecule has 4 heteroatoms. The van der Waals surface area contributed by atoms with Gasteiger partial charge in [-0.2, -0.15) is 0 Å². The average molecular weight is 409 g/mol. The highest BCUT2D eigenvalue weighted by Crippen LogP contribution is 2.29. The summed E-state index contributed by atoms with van der Waals surface area (Å²) in [5, 5.41) is 3.19. The third kappa shape index (κ3) is 3.92. The Kier molecular flexibility index (Phi) is 5.54. The molecule has 2 amide bonds. The van der Waals surface area contributed by atoms with Crippen LogP contribution in [0.5, 0.6) is 0 Å². The van der Waals surface area contributed by atoms with E-state index in [9.17, 15) is 9.59 Å². The van der Waals surface area contributed by atoms with Crippen molar-refractivity contribution < 1.29 is 9.59 Å². The summed E-state index contributed by atoms with van der Waals surface area (Å²) in [7, 11) is 0. The molecule has 0 saturated heterocycles. The summed E-state index contributed by atoms with van der Waals surface area (Å²) < 4.78 is 0. The van der Waals surface area contributed by atoms with Gasteiger partial charge in [-0.25, -0.2) is 4.90 Å². The lowest BCUT2D eigenvalue weighted by molar-refractivity contribution is 0.0897. The SMILES string of the molecule is Cc1cccc(N(C(=O)c2cccc(C)c2C)C(=O)c2cccc3c2C=CC=CN3)c1. The van der Waals surface area contributed by atoms with Crippen LogP contribution < -0.4 is 10.2 Å². The smallest absolute Gasteiger partial charge is 0.266 e. The number of imide groups is 1. The highest BCUT2D eigenvalue weighted by Gasteiger charge is 2.29. The topological polar surface area (TPSA) is 49.4 Å². The summed E-state index contributed by atoms with van der Waals surface area (Å²) >= 11 is 0. The number of anilines is 2. The molecule has 0 atom stereocenters. The molecule has 31 heavy (non-hydrogen) atoms. The standard InChI is InChI=1S/C27H24N2O2/c1-18-9-6-11-21(17-18)29(26(30)22-13-7-10-19(2)20(22)3)27(31)24-14-8-15-25-23(24)12-4-5-16-28-25/h4-17,28H,1-3H3. The Morgan fingerprint density at radius 2 is 1.52 bits per heavy atom. The number of nitrogens with one attached hydrogen (secondary N) is 1. The van der Waals surface area contributed by atoms with Gasteiger partial charge >= 0.3 is 0 Å². The Morgan fingerprint density at radius 3 is 2.32 bits per heavy atom. The van der Waals surface area contributed by atoms with E-state index in [0.29, 0.717) is 16.8 Å². The third-order valence-electron chi connectivity index (χ3n) is 5.55. The van der Waals surface area contributed by atoms with Gasteiger partial charge in [0.2, 0.25) is 0 Å². The lowest BCUT2D eigenvalue weighted by Crippen LogP contribution is -2.38. The number of aryl methyl sites for hydroxylation is 2. The molecular weight excluding hydrogens is 384 g/mol. The quantitative estimate of drug-likeness (QED) is 0.537. The molecule has 4 rings (SSSR count). The van der Waals surface area contributed by atoms with E-state index in [2.05, 4.69) is 5.32 Å². The van der Waals surface area contributed by atoms with E-state index in [1.54, 1.807) is 18.2 Å². The van der Waals surface area contributed by atoms with E-state index in [4.69, 9.17) is 0 Å². The zero-order chi connectivity index (χ0) is 22.0. The molecule has 1 N–H and O–H groups in total. The second-order valence-electron chi connectivity index (χ2n) is 7.66. The van der Waals surface area contributed by atoms with Gasteiger partial charge in [0.15, 0.2) is 0 Å². The molecule has 1 aliphatic rings. The molecule has 0 bridgehead atoms. The molecule has 3 aromatic carbocycles. The van der Waals surface area contributed by atoms with Gasteiger partial charge in [-0.15, -0.1) is 0 Å². The molecule has 0 aromatic heterocycles. The minimum atomic E-state index is -0.360. The lowest BCUT2D eigenvalue weighted by Gasteiger charge is -2.24. The first-order valence-corrected chi connectivity index (χ1v) is 10.2. The van der Waals surface area contributed by atoms with Crippen LogP contribution in [-0.2, 0) is 0 Å². The Balaban J connectivity index is 1.87. The summed E-state index contributed by atoms with van der Waals surface area (Å²) in [6.07, 6.45) is 7.44. The van der Waals surface area contributed by atoms with Crippen molar-refractivity contribution in [3.63, 3.8) is 0 Å². The van der Waals surface area contributed by atoms with E-state index in [0.717, 1.165) is 27.9 Å². The molecule has 154 valence electrons. The van der Waals surface area contributed by atoms with Crippen LogP contribution in [0, 0.1) is 20.8 Å². The predicted molar refractivity (Wildman–Crippen MR) is 126 cm³/mol.